The fourth-order valence-corrected chi connectivity index (χ4v) is 1.96. The number of aromatic nitrogens is 1. The fourth-order valence-electron chi connectivity index (χ4n) is 1.96. The number of pyridine rings is 1. The lowest BCUT2D eigenvalue weighted by Gasteiger charge is -2.12. The lowest BCUT2D eigenvalue weighted by atomic mass is 9.98. The highest BCUT2D eigenvalue weighted by Crippen LogP contribution is 2.26. The van der Waals surface area contributed by atoms with Crippen molar-refractivity contribution in [2.45, 2.75) is 26.7 Å². The molecule has 1 aromatic carbocycles. The molecular formula is C15H18N2O. The summed E-state index contributed by atoms with van der Waals surface area (Å²) in [5.74, 6) is 1.83. The lowest BCUT2D eigenvalue weighted by molar-refractivity contribution is 0.462. The van der Waals surface area contributed by atoms with Crippen LogP contribution in [0.5, 0.6) is 11.6 Å². The third-order valence-electron chi connectivity index (χ3n) is 2.84. The monoisotopic (exact) mass is 242 g/mol. The standard InChI is InChI=1S/C15H18N2O/c1-10(2)14-5-4-13(8-11(14)3)18-15-9-12(16)6-7-17-15/h4-10H,1-3H3,(H2,16,17). The smallest absolute Gasteiger partial charge is 0.221 e. The van der Waals surface area contributed by atoms with E-state index in [4.69, 9.17) is 10.5 Å². The van der Waals surface area contributed by atoms with Gasteiger partial charge in [-0.15, -0.1) is 0 Å². The molecule has 3 nitrogen and oxygen atoms in total. The first kappa shape index (κ1) is 12.4. The van der Waals surface area contributed by atoms with Crippen LogP contribution in [0.1, 0.15) is 30.9 Å². The molecule has 0 fully saturated rings. The molecule has 0 aliphatic heterocycles. The van der Waals surface area contributed by atoms with E-state index in [1.807, 2.05) is 12.1 Å². The van der Waals surface area contributed by atoms with Gasteiger partial charge in [0.15, 0.2) is 0 Å². The molecule has 0 radical (unpaired) electrons. The van der Waals surface area contributed by atoms with Gasteiger partial charge in [0.1, 0.15) is 5.75 Å². The summed E-state index contributed by atoms with van der Waals surface area (Å²) in [6.07, 6.45) is 1.64. The number of benzene rings is 1. The second-order valence-corrected chi connectivity index (χ2v) is 4.70. The van der Waals surface area contributed by atoms with E-state index in [9.17, 15) is 0 Å². The minimum absolute atomic E-state index is 0.518. The van der Waals surface area contributed by atoms with Gasteiger partial charge in [-0.1, -0.05) is 19.9 Å². The SMILES string of the molecule is Cc1cc(Oc2cc(N)ccn2)ccc1C(C)C. The summed E-state index contributed by atoms with van der Waals surface area (Å²) >= 11 is 0. The van der Waals surface area contributed by atoms with Crippen molar-refractivity contribution in [2.24, 2.45) is 0 Å². The van der Waals surface area contributed by atoms with E-state index in [2.05, 4.69) is 31.8 Å². The second-order valence-electron chi connectivity index (χ2n) is 4.70. The minimum Gasteiger partial charge on any atom is -0.439 e. The van der Waals surface area contributed by atoms with Crippen molar-refractivity contribution in [3.05, 3.63) is 47.7 Å². The molecule has 2 rings (SSSR count). The molecule has 0 spiro atoms. The Bertz CT molecular complexity index is 550. The first-order chi connectivity index (χ1) is 8.56. The molecule has 0 amide bonds. The maximum atomic E-state index is 5.69. The highest BCUT2D eigenvalue weighted by atomic mass is 16.5. The van der Waals surface area contributed by atoms with Gasteiger partial charge in [0, 0.05) is 18.0 Å². The molecule has 2 N–H and O–H groups in total. The highest BCUT2D eigenvalue weighted by molar-refractivity contribution is 5.42. The quantitative estimate of drug-likeness (QED) is 0.888. The van der Waals surface area contributed by atoms with E-state index in [1.165, 1.54) is 11.1 Å². The number of nitrogens with two attached hydrogens (primary N) is 1. The molecule has 0 saturated carbocycles. The van der Waals surface area contributed by atoms with Gasteiger partial charge in [-0.2, -0.15) is 0 Å². The van der Waals surface area contributed by atoms with E-state index in [0.29, 0.717) is 17.5 Å². The number of aryl methyl sites for hydroxylation is 1. The van der Waals surface area contributed by atoms with Crippen molar-refractivity contribution in [2.75, 3.05) is 5.73 Å². The van der Waals surface area contributed by atoms with Gasteiger partial charge in [0.25, 0.3) is 0 Å². The van der Waals surface area contributed by atoms with Crippen LogP contribution in [0.25, 0.3) is 0 Å². The molecule has 0 aliphatic rings. The molecule has 0 saturated heterocycles. The average Bonchev–Trinajstić information content (AvgIpc) is 2.28. The Balaban J connectivity index is 2.23. The number of nitrogen functional groups attached to an aromatic ring is 1. The minimum atomic E-state index is 0.518. The Labute approximate surface area is 108 Å². The molecule has 18 heavy (non-hydrogen) atoms. The topological polar surface area (TPSA) is 48.1 Å². The van der Waals surface area contributed by atoms with Crippen molar-refractivity contribution in [3.8, 4) is 11.6 Å². The van der Waals surface area contributed by atoms with E-state index >= 15 is 0 Å². The number of ether oxygens (including phenoxy) is 1. The summed E-state index contributed by atoms with van der Waals surface area (Å²) in [5.41, 5.74) is 8.90. The van der Waals surface area contributed by atoms with Crippen LogP contribution < -0.4 is 10.5 Å². The van der Waals surface area contributed by atoms with E-state index in [1.54, 1.807) is 18.3 Å². The van der Waals surface area contributed by atoms with Crippen LogP contribution in [-0.2, 0) is 0 Å². The van der Waals surface area contributed by atoms with Gasteiger partial charge in [0.2, 0.25) is 5.88 Å². The predicted octanol–water partition coefficient (Wildman–Crippen LogP) is 3.89. The predicted molar refractivity (Wildman–Crippen MR) is 74.0 cm³/mol. The molecule has 94 valence electrons. The molecule has 1 heterocycles. The van der Waals surface area contributed by atoms with Gasteiger partial charge in [0.05, 0.1) is 0 Å². The van der Waals surface area contributed by atoms with Gasteiger partial charge in [-0.25, -0.2) is 4.98 Å². The summed E-state index contributed by atoms with van der Waals surface area (Å²) in [5, 5.41) is 0. The Morgan fingerprint density at radius 1 is 1.17 bits per heavy atom. The molecule has 2 aromatic rings. The van der Waals surface area contributed by atoms with Crippen LogP contribution in [0, 0.1) is 6.92 Å². The number of hydrogen-bond donors (Lipinski definition) is 1. The second kappa shape index (κ2) is 5.08. The number of hydrogen-bond acceptors (Lipinski definition) is 3. The van der Waals surface area contributed by atoms with E-state index in [0.717, 1.165) is 5.75 Å². The molecule has 0 unspecified atom stereocenters. The first-order valence-corrected chi connectivity index (χ1v) is 6.06. The van der Waals surface area contributed by atoms with Crippen LogP contribution >= 0.6 is 0 Å². The average molecular weight is 242 g/mol. The maximum absolute atomic E-state index is 5.69. The molecule has 1 aromatic heterocycles. The zero-order chi connectivity index (χ0) is 13.1. The summed E-state index contributed by atoms with van der Waals surface area (Å²) < 4.78 is 5.68. The van der Waals surface area contributed by atoms with Crippen LogP contribution in [-0.4, -0.2) is 4.98 Å². The molecule has 0 bridgehead atoms. The van der Waals surface area contributed by atoms with Gasteiger partial charge >= 0.3 is 0 Å². The van der Waals surface area contributed by atoms with Gasteiger partial charge in [-0.3, -0.25) is 0 Å². The van der Waals surface area contributed by atoms with Gasteiger partial charge in [-0.05, 0) is 42.2 Å². The fraction of sp³-hybridized carbons (Fsp3) is 0.267. The Hall–Kier alpha value is -2.03. The number of nitrogens with zero attached hydrogens (tertiary/aromatic N) is 1. The number of rotatable bonds is 3. The Morgan fingerprint density at radius 3 is 2.56 bits per heavy atom. The van der Waals surface area contributed by atoms with Crippen LogP contribution in [0.4, 0.5) is 5.69 Å². The van der Waals surface area contributed by atoms with E-state index in [-0.39, 0.29) is 0 Å². The van der Waals surface area contributed by atoms with Crippen molar-refractivity contribution < 1.29 is 4.74 Å². The normalized spacial score (nSPS) is 10.7. The van der Waals surface area contributed by atoms with Crippen molar-refractivity contribution in [3.63, 3.8) is 0 Å². The van der Waals surface area contributed by atoms with Crippen molar-refractivity contribution in [1.29, 1.82) is 0 Å². The Morgan fingerprint density at radius 2 is 1.94 bits per heavy atom. The molecule has 0 aliphatic carbocycles. The largest absolute Gasteiger partial charge is 0.439 e. The third-order valence-corrected chi connectivity index (χ3v) is 2.84. The highest BCUT2D eigenvalue weighted by Gasteiger charge is 2.05. The van der Waals surface area contributed by atoms with Gasteiger partial charge < -0.3 is 10.5 Å². The molecule has 3 heteroatoms. The summed E-state index contributed by atoms with van der Waals surface area (Å²) in [4.78, 5) is 4.12. The molecular weight excluding hydrogens is 224 g/mol. The zero-order valence-corrected chi connectivity index (χ0v) is 11.0. The Kier molecular flexibility index (Phi) is 3.51. The van der Waals surface area contributed by atoms with Crippen molar-refractivity contribution in [1.82, 2.24) is 4.98 Å². The van der Waals surface area contributed by atoms with Crippen LogP contribution in [0.2, 0.25) is 0 Å². The van der Waals surface area contributed by atoms with Crippen molar-refractivity contribution >= 4 is 5.69 Å². The first-order valence-electron chi connectivity index (χ1n) is 6.06. The maximum Gasteiger partial charge on any atom is 0.221 e. The summed E-state index contributed by atoms with van der Waals surface area (Å²) in [7, 11) is 0. The van der Waals surface area contributed by atoms with E-state index < -0.39 is 0 Å². The molecule has 0 atom stereocenters. The lowest BCUT2D eigenvalue weighted by Crippen LogP contribution is -1.94. The summed E-state index contributed by atoms with van der Waals surface area (Å²) in [6.45, 7) is 6.46. The van der Waals surface area contributed by atoms with Crippen LogP contribution in [0.3, 0.4) is 0 Å². The van der Waals surface area contributed by atoms with Crippen LogP contribution in [0.15, 0.2) is 36.5 Å². The third kappa shape index (κ3) is 2.80. The number of anilines is 1. The summed E-state index contributed by atoms with van der Waals surface area (Å²) in [6, 6.07) is 9.54. The zero-order valence-electron chi connectivity index (χ0n) is 11.0.